The van der Waals surface area contributed by atoms with E-state index in [9.17, 15) is 4.79 Å². The molecule has 0 atom stereocenters. The van der Waals surface area contributed by atoms with Crippen molar-refractivity contribution in [2.75, 3.05) is 31.1 Å². The van der Waals surface area contributed by atoms with Gasteiger partial charge in [-0.1, -0.05) is 19.9 Å². The molecule has 136 valence electrons. The topological polar surface area (TPSA) is 65.2 Å². The van der Waals surface area contributed by atoms with Gasteiger partial charge >= 0.3 is 0 Å². The van der Waals surface area contributed by atoms with Gasteiger partial charge in [0.25, 0.3) is 5.91 Å². The van der Waals surface area contributed by atoms with E-state index in [2.05, 4.69) is 29.9 Å². The van der Waals surface area contributed by atoms with Gasteiger partial charge in [0.1, 0.15) is 5.69 Å². The first kappa shape index (κ1) is 18.0. The molecule has 0 N–H and O–H groups in total. The molecule has 1 aliphatic heterocycles. The lowest BCUT2D eigenvalue weighted by atomic mass is 10.1. The highest BCUT2D eigenvalue weighted by atomic mass is 16.2. The number of carbonyl (C=O) groups is 1. The van der Waals surface area contributed by atoms with E-state index in [1.165, 1.54) is 0 Å². The summed E-state index contributed by atoms with van der Waals surface area (Å²) < 4.78 is 1.81. The maximum absolute atomic E-state index is 13.0. The van der Waals surface area contributed by atoms with Crippen molar-refractivity contribution >= 4 is 11.6 Å². The summed E-state index contributed by atoms with van der Waals surface area (Å²) >= 11 is 0. The number of hydrogen-bond donors (Lipinski definition) is 0. The van der Waals surface area contributed by atoms with Gasteiger partial charge in [-0.15, -0.1) is 0 Å². The second-order valence-electron chi connectivity index (χ2n) is 6.87. The standard InChI is InChI=1S/C20H25N5O/c1-4-25-19(13-18(22-25)15(2)3)20(26)24-10-8-23(9-11-24)17-7-5-6-16(12-17)14-21/h5-7,12-13,15H,4,8-11H2,1-3H3. The number of nitriles is 1. The van der Waals surface area contributed by atoms with E-state index in [4.69, 9.17) is 5.26 Å². The zero-order valence-electron chi connectivity index (χ0n) is 15.6. The molecule has 2 heterocycles. The molecule has 0 bridgehead atoms. The van der Waals surface area contributed by atoms with E-state index in [-0.39, 0.29) is 5.91 Å². The van der Waals surface area contributed by atoms with Crippen molar-refractivity contribution in [1.29, 1.82) is 5.26 Å². The van der Waals surface area contributed by atoms with Gasteiger partial charge in [0.05, 0.1) is 17.3 Å². The smallest absolute Gasteiger partial charge is 0.272 e. The molecular weight excluding hydrogens is 326 g/mol. The molecule has 0 spiro atoms. The molecule has 0 aliphatic carbocycles. The zero-order valence-corrected chi connectivity index (χ0v) is 15.6. The molecule has 3 rings (SSSR count). The fourth-order valence-electron chi connectivity index (χ4n) is 3.23. The normalized spacial score (nSPS) is 14.6. The highest BCUT2D eigenvalue weighted by Crippen LogP contribution is 2.20. The Hall–Kier alpha value is -2.81. The molecule has 26 heavy (non-hydrogen) atoms. The van der Waals surface area contributed by atoms with Gasteiger partial charge in [-0.25, -0.2) is 0 Å². The summed E-state index contributed by atoms with van der Waals surface area (Å²) in [5, 5.41) is 13.6. The van der Waals surface area contributed by atoms with Crippen molar-refractivity contribution in [3.8, 4) is 6.07 Å². The molecule has 1 aliphatic rings. The Labute approximate surface area is 154 Å². The maximum Gasteiger partial charge on any atom is 0.272 e. The van der Waals surface area contributed by atoms with Crippen LogP contribution >= 0.6 is 0 Å². The predicted octanol–water partition coefficient (Wildman–Crippen LogP) is 2.86. The Morgan fingerprint density at radius 2 is 1.96 bits per heavy atom. The fourth-order valence-corrected chi connectivity index (χ4v) is 3.23. The highest BCUT2D eigenvalue weighted by molar-refractivity contribution is 5.93. The third-order valence-corrected chi connectivity index (χ3v) is 4.82. The zero-order chi connectivity index (χ0) is 18.7. The minimum atomic E-state index is 0.0525. The van der Waals surface area contributed by atoms with Crippen LogP contribution in [0.3, 0.4) is 0 Å². The van der Waals surface area contributed by atoms with Crippen molar-refractivity contribution in [2.45, 2.75) is 33.2 Å². The van der Waals surface area contributed by atoms with E-state index in [0.29, 0.717) is 36.8 Å². The molecule has 0 saturated carbocycles. The lowest BCUT2D eigenvalue weighted by Gasteiger charge is -2.36. The fraction of sp³-hybridized carbons (Fsp3) is 0.450. The van der Waals surface area contributed by atoms with Gasteiger partial charge in [-0.05, 0) is 37.1 Å². The number of nitrogens with zero attached hydrogens (tertiary/aromatic N) is 5. The molecule has 1 amide bonds. The van der Waals surface area contributed by atoms with E-state index in [0.717, 1.165) is 24.5 Å². The third kappa shape index (κ3) is 3.57. The number of anilines is 1. The molecule has 1 fully saturated rings. The number of aryl methyl sites for hydroxylation is 1. The van der Waals surface area contributed by atoms with Gasteiger partial charge in [0, 0.05) is 38.4 Å². The monoisotopic (exact) mass is 351 g/mol. The Kier molecular flexibility index (Phi) is 5.27. The number of benzene rings is 1. The molecule has 1 saturated heterocycles. The summed E-state index contributed by atoms with van der Waals surface area (Å²) in [7, 11) is 0. The average molecular weight is 351 g/mol. The van der Waals surface area contributed by atoms with Crippen LogP contribution in [-0.4, -0.2) is 46.8 Å². The van der Waals surface area contributed by atoms with E-state index in [1.807, 2.05) is 42.2 Å². The van der Waals surface area contributed by atoms with E-state index < -0.39 is 0 Å². The molecular formula is C20H25N5O. The second kappa shape index (κ2) is 7.61. The first-order valence-corrected chi connectivity index (χ1v) is 9.15. The van der Waals surface area contributed by atoms with Gasteiger partial charge < -0.3 is 9.80 Å². The molecule has 6 heteroatoms. The van der Waals surface area contributed by atoms with Crippen molar-refractivity contribution < 1.29 is 4.79 Å². The molecule has 0 unspecified atom stereocenters. The third-order valence-electron chi connectivity index (χ3n) is 4.82. The van der Waals surface area contributed by atoms with Crippen molar-refractivity contribution in [3.05, 3.63) is 47.3 Å². The maximum atomic E-state index is 13.0. The molecule has 1 aromatic heterocycles. The van der Waals surface area contributed by atoms with Gasteiger partial charge in [0.15, 0.2) is 0 Å². The molecule has 1 aromatic carbocycles. The Bertz CT molecular complexity index is 825. The highest BCUT2D eigenvalue weighted by Gasteiger charge is 2.25. The summed E-state index contributed by atoms with van der Waals surface area (Å²) in [5.41, 5.74) is 3.34. The summed E-state index contributed by atoms with van der Waals surface area (Å²) in [6, 6.07) is 11.7. The largest absolute Gasteiger partial charge is 0.368 e. The number of aromatic nitrogens is 2. The van der Waals surface area contributed by atoms with Gasteiger partial charge in [-0.2, -0.15) is 10.4 Å². The minimum Gasteiger partial charge on any atom is -0.368 e. The van der Waals surface area contributed by atoms with Crippen LogP contribution in [0.2, 0.25) is 0 Å². The SMILES string of the molecule is CCn1nc(C(C)C)cc1C(=O)N1CCN(c2cccc(C#N)c2)CC1. The van der Waals surface area contributed by atoms with Crippen LogP contribution < -0.4 is 4.90 Å². The lowest BCUT2D eigenvalue weighted by molar-refractivity contribution is 0.0734. The van der Waals surface area contributed by atoms with Crippen LogP contribution in [0, 0.1) is 11.3 Å². The van der Waals surface area contributed by atoms with Gasteiger partial charge in [0.2, 0.25) is 0 Å². The summed E-state index contributed by atoms with van der Waals surface area (Å²) in [5.74, 6) is 0.357. The van der Waals surface area contributed by atoms with E-state index >= 15 is 0 Å². The number of amides is 1. The second-order valence-corrected chi connectivity index (χ2v) is 6.87. The first-order valence-electron chi connectivity index (χ1n) is 9.15. The number of rotatable bonds is 4. The van der Waals surface area contributed by atoms with Crippen LogP contribution in [0.15, 0.2) is 30.3 Å². The number of piperazine rings is 1. The molecule has 0 radical (unpaired) electrons. The summed E-state index contributed by atoms with van der Waals surface area (Å²) in [4.78, 5) is 17.1. The van der Waals surface area contributed by atoms with Crippen molar-refractivity contribution in [1.82, 2.24) is 14.7 Å². The average Bonchev–Trinajstić information content (AvgIpc) is 3.12. The number of hydrogen-bond acceptors (Lipinski definition) is 4. The van der Waals surface area contributed by atoms with Crippen molar-refractivity contribution in [2.24, 2.45) is 0 Å². The van der Waals surface area contributed by atoms with Gasteiger partial charge in [-0.3, -0.25) is 9.48 Å². The van der Waals surface area contributed by atoms with Crippen LogP contribution in [0.5, 0.6) is 0 Å². The quantitative estimate of drug-likeness (QED) is 0.850. The van der Waals surface area contributed by atoms with Crippen molar-refractivity contribution in [3.63, 3.8) is 0 Å². The Balaban J connectivity index is 1.70. The molecule has 2 aromatic rings. The summed E-state index contributed by atoms with van der Waals surface area (Å²) in [6.07, 6.45) is 0. The first-order chi connectivity index (χ1) is 12.5. The molecule has 6 nitrogen and oxygen atoms in total. The van der Waals surface area contributed by atoms with Crippen LogP contribution in [-0.2, 0) is 6.54 Å². The Morgan fingerprint density at radius 3 is 2.58 bits per heavy atom. The van der Waals surface area contributed by atoms with Crippen LogP contribution in [0.25, 0.3) is 0 Å². The lowest BCUT2D eigenvalue weighted by Crippen LogP contribution is -2.49. The van der Waals surface area contributed by atoms with Crippen LogP contribution in [0.1, 0.15) is 48.4 Å². The van der Waals surface area contributed by atoms with E-state index in [1.54, 1.807) is 4.68 Å². The Morgan fingerprint density at radius 1 is 1.23 bits per heavy atom. The number of carbonyl (C=O) groups excluding carboxylic acids is 1. The predicted molar refractivity (Wildman–Crippen MR) is 101 cm³/mol. The van der Waals surface area contributed by atoms with Crippen LogP contribution in [0.4, 0.5) is 5.69 Å². The minimum absolute atomic E-state index is 0.0525. The summed E-state index contributed by atoms with van der Waals surface area (Å²) in [6.45, 7) is 9.73.